The highest BCUT2D eigenvalue weighted by atomic mass is 16.5. The Bertz CT molecular complexity index is 831. The van der Waals surface area contributed by atoms with Gasteiger partial charge < -0.3 is 9.42 Å². The molecule has 1 saturated heterocycles. The molecule has 1 fully saturated rings. The van der Waals surface area contributed by atoms with Crippen molar-refractivity contribution in [2.75, 3.05) is 31.1 Å². The van der Waals surface area contributed by atoms with Crippen molar-refractivity contribution in [3.05, 3.63) is 47.4 Å². The zero-order valence-corrected chi connectivity index (χ0v) is 14.1. The molecule has 124 valence electrons. The number of rotatable bonds is 3. The van der Waals surface area contributed by atoms with Gasteiger partial charge in [0, 0.05) is 49.5 Å². The Morgan fingerprint density at radius 2 is 1.71 bits per heavy atom. The van der Waals surface area contributed by atoms with Gasteiger partial charge in [-0.3, -0.25) is 4.90 Å². The van der Waals surface area contributed by atoms with Crippen LogP contribution in [0.1, 0.15) is 17.1 Å². The van der Waals surface area contributed by atoms with Gasteiger partial charge >= 0.3 is 0 Å². The fraction of sp³-hybridized carbons (Fsp3) is 0.389. The second kappa shape index (κ2) is 6.20. The molecule has 1 aliphatic heterocycles. The lowest BCUT2D eigenvalue weighted by Crippen LogP contribution is -2.46. The van der Waals surface area contributed by atoms with Gasteiger partial charge in [-0.2, -0.15) is 0 Å². The molecule has 3 aromatic rings. The molecule has 0 saturated carbocycles. The second-order valence-electron chi connectivity index (χ2n) is 6.34. The second-order valence-corrected chi connectivity index (χ2v) is 6.34. The van der Waals surface area contributed by atoms with Crippen LogP contribution in [-0.4, -0.2) is 46.2 Å². The van der Waals surface area contributed by atoms with E-state index in [1.54, 1.807) is 0 Å². The van der Waals surface area contributed by atoms with Crippen molar-refractivity contribution in [3.8, 4) is 0 Å². The Hall–Kier alpha value is -2.47. The lowest BCUT2D eigenvalue weighted by Gasteiger charge is -2.34. The normalized spacial score (nSPS) is 16.0. The summed E-state index contributed by atoms with van der Waals surface area (Å²) in [6, 6.07) is 10.0. The summed E-state index contributed by atoms with van der Waals surface area (Å²) >= 11 is 0. The van der Waals surface area contributed by atoms with E-state index in [1.807, 2.05) is 38.1 Å². The van der Waals surface area contributed by atoms with E-state index in [1.165, 1.54) is 0 Å². The van der Waals surface area contributed by atoms with Crippen LogP contribution in [0.25, 0.3) is 11.0 Å². The molecule has 6 heteroatoms. The fourth-order valence-corrected chi connectivity index (χ4v) is 3.22. The van der Waals surface area contributed by atoms with Gasteiger partial charge in [-0.15, -0.1) is 0 Å². The van der Waals surface area contributed by atoms with E-state index in [2.05, 4.69) is 31.0 Å². The van der Waals surface area contributed by atoms with E-state index >= 15 is 0 Å². The minimum absolute atomic E-state index is 0.818. The number of hydrogen-bond acceptors (Lipinski definition) is 6. The van der Waals surface area contributed by atoms with E-state index in [9.17, 15) is 0 Å². The van der Waals surface area contributed by atoms with Gasteiger partial charge in [0.05, 0.1) is 0 Å². The number of aryl methyl sites for hydroxylation is 2. The summed E-state index contributed by atoms with van der Waals surface area (Å²) in [4.78, 5) is 13.8. The maximum Gasteiger partial charge on any atom is 0.225 e. The van der Waals surface area contributed by atoms with E-state index in [0.29, 0.717) is 0 Å². The molecule has 0 unspecified atom stereocenters. The lowest BCUT2D eigenvalue weighted by atomic mass is 10.2. The minimum Gasteiger partial charge on any atom is -0.356 e. The van der Waals surface area contributed by atoms with E-state index in [4.69, 9.17) is 4.52 Å². The maximum absolute atomic E-state index is 5.40. The zero-order valence-electron chi connectivity index (χ0n) is 14.1. The first-order valence-corrected chi connectivity index (χ1v) is 8.32. The first-order chi connectivity index (χ1) is 11.7. The van der Waals surface area contributed by atoms with Crippen molar-refractivity contribution in [2.45, 2.75) is 20.4 Å². The van der Waals surface area contributed by atoms with Crippen LogP contribution in [0.3, 0.4) is 0 Å². The molecule has 0 atom stereocenters. The zero-order chi connectivity index (χ0) is 16.5. The molecule has 1 aromatic carbocycles. The topological polar surface area (TPSA) is 58.3 Å². The average molecular weight is 323 g/mol. The molecule has 0 bridgehead atoms. The molecule has 3 heterocycles. The molecule has 6 nitrogen and oxygen atoms in total. The Morgan fingerprint density at radius 3 is 2.46 bits per heavy atom. The van der Waals surface area contributed by atoms with Crippen LogP contribution < -0.4 is 4.90 Å². The SMILES string of the molecule is Cc1cc(C)nc(N2CCN(Cc3noc4ccccc34)CC2)n1. The highest BCUT2D eigenvalue weighted by Gasteiger charge is 2.21. The number of anilines is 1. The molecule has 2 aromatic heterocycles. The minimum atomic E-state index is 0.818. The van der Waals surface area contributed by atoms with Crippen molar-refractivity contribution in [1.82, 2.24) is 20.0 Å². The summed E-state index contributed by atoms with van der Waals surface area (Å²) in [5.41, 5.74) is 3.92. The molecular formula is C18H21N5O. The van der Waals surface area contributed by atoms with Gasteiger partial charge in [0.25, 0.3) is 0 Å². The Labute approximate surface area is 141 Å². The number of piperazine rings is 1. The predicted molar refractivity (Wildman–Crippen MR) is 93.0 cm³/mol. The summed E-state index contributed by atoms with van der Waals surface area (Å²) in [5.74, 6) is 0.846. The molecular weight excluding hydrogens is 302 g/mol. The lowest BCUT2D eigenvalue weighted by molar-refractivity contribution is 0.242. The number of aromatic nitrogens is 3. The number of fused-ring (bicyclic) bond motifs is 1. The van der Waals surface area contributed by atoms with Crippen molar-refractivity contribution >= 4 is 16.9 Å². The van der Waals surface area contributed by atoms with Gasteiger partial charge in [0.15, 0.2) is 5.58 Å². The number of hydrogen-bond donors (Lipinski definition) is 0. The molecule has 1 aliphatic rings. The maximum atomic E-state index is 5.40. The third-order valence-corrected chi connectivity index (χ3v) is 4.45. The third-order valence-electron chi connectivity index (χ3n) is 4.45. The third kappa shape index (κ3) is 2.97. The fourth-order valence-electron chi connectivity index (χ4n) is 3.22. The van der Waals surface area contributed by atoms with E-state index in [-0.39, 0.29) is 0 Å². The monoisotopic (exact) mass is 323 g/mol. The van der Waals surface area contributed by atoms with Crippen LogP contribution in [0.2, 0.25) is 0 Å². The molecule has 24 heavy (non-hydrogen) atoms. The van der Waals surface area contributed by atoms with E-state index < -0.39 is 0 Å². The largest absolute Gasteiger partial charge is 0.356 e. The molecule has 0 aliphatic carbocycles. The molecule has 0 N–H and O–H groups in total. The Morgan fingerprint density at radius 1 is 1.00 bits per heavy atom. The van der Waals surface area contributed by atoms with Crippen LogP contribution in [0.15, 0.2) is 34.9 Å². The summed E-state index contributed by atoms with van der Waals surface area (Å²) in [6.07, 6.45) is 0. The smallest absolute Gasteiger partial charge is 0.225 e. The Kier molecular flexibility index (Phi) is 3.90. The van der Waals surface area contributed by atoms with Gasteiger partial charge in [-0.1, -0.05) is 17.3 Å². The molecule has 0 radical (unpaired) electrons. The number of nitrogens with zero attached hydrogens (tertiary/aromatic N) is 5. The van der Waals surface area contributed by atoms with E-state index in [0.717, 1.165) is 66.7 Å². The van der Waals surface area contributed by atoms with Crippen molar-refractivity contribution < 1.29 is 4.52 Å². The van der Waals surface area contributed by atoms with Gasteiger partial charge in [-0.25, -0.2) is 9.97 Å². The van der Waals surface area contributed by atoms with Crippen LogP contribution in [0.4, 0.5) is 5.95 Å². The molecule has 0 amide bonds. The summed E-state index contributed by atoms with van der Waals surface area (Å²) in [6.45, 7) is 8.65. The van der Waals surface area contributed by atoms with Crippen LogP contribution >= 0.6 is 0 Å². The van der Waals surface area contributed by atoms with Gasteiger partial charge in [-0.05, 0) is 32.0 Å². The first kappa shape index (κ1) is 15.1. The van der Waals surface area contributed by atoms with Crippen LogP contribution in [0.5, 0.6) is 0 Å². The highest BCUT2D eigenvalue weighted by molar-refractivity contribution is 5.79. The molecule has 4 rings (SSSR count). The quantitative estimate of drug-likeness (QED) is 0.738. The number of benzene rings is 1. The van der Waals surface area contributed by atoms with Gasteiger partial charge in [0.2, 0.25) is 5.95 Å². The van der Waals surface area contributed by atoms with Crippen molar-refractivity contribution in [1.29, 1.82) is 0 Å². The average Bonchev–Trinajstić information content (AvgIpc) is 2.98. The van der Waals surface area contributed by atoms with Crippen molar-refractivity contribution in [3.63, 3.8) is 0 Å². The van der Waals surface area contributed by atoms with Crippen LogP contribution in [0, 0.1) is 13.8 Å². The summed E-state index contributed by atoms with van der Waals surface area (Å²) < 4.78 is 5.40. The molecule has 0 spiro atoms. The summed E-state index contributed by atoms with van der Waals surface area (Å²) in [5, 5.41) is 5.34. The highest BCUT2D eigenvalue weighted by Crippen LogP contribution is 2.20. The summed E-state index contributed by atoms with van der Waals surface area (Å²) in [7, 11) is 0. The van der Waals surface area contributed by atoms with Gasteiger partial charge in [0.1, 0.15) is 5.69 Å². The van der Waals surface area contributed by atoms with Crippen molar-refractivity contribution in [2.24, 2.45) is 0 Å². The first-order valence-electron chi connectivity index (χ1n) is 8.32. The van der Waals surface area contributed by atoms with Crippen LogP contribution in [-0.2, 0) is 6.54 Å². The standard InChI is InChI=1S/C18H21N5O/c1-13-11-14(2)20-18(19-13)23-9-7-22(8-10-23)12-16-15-5-3-4-6-17(15)24-21-16/h3-6,11H,7-10,12H2,1-2H3. The predicted octanol–water partition coefficient (Wildman–Crippen LogP) is 2.56. The number of para-hydroxylation sites is 1. The Balaban J connectivity index is 1.43.